The van der Waals surface area contributed by atoms with Gasteiger partial charge in [0.25, 0.3) is 0 Å². The van der Waals surface area contributed by atoms with Gasteiger partial charge in [-0.1, -0.05) is 0 Å². The average molecular weight is 246 g/mol. The first-order valence-electron chi connectivity index (χ1n) is 5.99. The van der Waals surface area contributed by atoms with E-state index in [2.05, 4.69) is 10.6 Å². The fourth-order valence-electron chi connectivity index (χ4n) is 1.41. The van der Waals surface area contributed by atoms with E-state index in [4.69, 9.17) is 10.5 Å². The summed E-state index contributed by atoms with van der Waals surface area (Å²) in [4.78, 5) is 12.7. The van der Waals surface area contributed by atoms with Gasteiger partial charge in [0.15, 0.2) is 0 Å². The molecule has 1 atom stereocenters. The summed E-state index contributed by atoms with van der Waals surface area (Å²) in [7, 11) is 5.13. The quantitative estimate of drug-likeness (QED) is 0.484. The van der Waals surface area contributed by atoms with Crippen molar-refractivity contribution in [2.75, 3.05) is 47.4 Å². The maximum absolute atomic E-state index is 11.2. The highest BCUT2D eigenvalue weighted by Crippen LogP contribution is 1.96. The van der Waals surface area contributed by atoms with Crippen LogP contribution in [0.15, 0.2) is 0 Å². The molecule has 0 heterocycles. The molecule has 6 heteroatoms. The number of carbonyl (C=O) groups is 1. The third kappa shape index (κ3) is 8.91. The minimum atomic E-state index is -0.0722. The molecule has 0 aromatic heterocycles. The normalized spacial score (nSPS) is 12.2. The minimum Gasteiger partial charge on any atom is -0.383 e. The number of urea groups is 1. The van der Waals surface area contributed by atoms with E-state index in [0.717, 1.165) is 19.4 Å². The second-order valence-electron chi connectivity index (χ2n) is 4.16. The molecule has 0 aliphatic rings. The van der Waals surface area contributed by atoms with Crippen LogP contribution >= 0.6 is 0 Å². The summed E-state index contributed by atoms with van der Waals surface area (Å²) in [5.74, 6) is 0. The van der Waals surface area contributed by atoms with Gasteiger partial charge in [0.05, 0.1) is 6.61 Å². The number of nitrogens with two attached hydrogens (primary N) is 1. The molecule has 0 rings (SSSR count). The number of hydrogen-bond acceptors (Lipinski definition) is 4. The molecule has 0 radical (unpaired) electrons. The number of ether oxygens (including phenoxy) is 1. The molecule has 0 bridgehead atoms. The van der Waals surface area contributed by atoms with E-state index in [0.29, 0.717) is 25.7 Å². The molecule has 0 aliphatic heterocycles. The van der Waals surface area contributed by atoms with E-state index in [-0.39, 0.29) is 6.03 Å². The smallest absolute Gasteiger partial charge is 0.316 e. The summed E-state index contributed by atoms with van der Waals surface area (Å²) in [6.45, 7) is 2.71. The second kappa shape index (κ2) is 10.3. The van der Waals surface area contributed by atoms with Gasteiger partial charge in [-0.25, -0.2) is 4.79 Å². The lowest BCUT2D eigenvalue weighted by Gasteiger charge is -2.18. The first kappa shape index (κ1) is 16.1. The molecule has 0 aromatic carbocycles. The minimum absolute atomic E-state index is 0.0722. The van der Waals surface area contributed by atoms with Crippen LogP contribution in [0.5, 0.6) is 0 Å². The topological polar surface area (TPSA) is 79.6 Å². The van der Waals surface area contributed by atoms with Crippen molar-refractivity contribution in [3.05, 3.63) is 0 Å². The largest absolute Gasteiger partial charge is 0.383 e. The van der Waals surface area contributed by atoms with Crippen molar-refractivity contribution in [2.24, 2.45) is 5.73 Å². The maximum Gasteiger partial charge on any atom is 0.316 e. The van der Waals surface area contributed by atoms with Crippen LogP contribution in [0.2, 0.25) is 0 Å². The number of nitrogens with one attached hydrogen (secondary N) is 2. The highest BCUT2D eigenvalue weighted by molar-refractivity contribution is 5.73. The van der Waals surface area contributed by atoms with Crippen LogP contribution < -0.4 is 16.4 Å². The standard InChI is InChI=1S/C11H26N4O2/c1-15(2)11(16)14-8-7-13-10(9-17-3)5-4-6-12/h10,13H,4-9,12H2,1-3H3,(H,14,16). The Labute approximate surface area is 104 Å². The van der Waals surface area contributed by atoms with Crippen LogP contribution in [-0.2, 0) is 4.74 Å². The Morgan fingerprint density at radius 1 is 1.41 bits per heavy atom. The van der Waals surface area contributed by atoms with Crippen LogP contribution in [0.4, 0.5) is 4.79 Å². The van der Waals surface area contributed by atoms with Gasteiger partial charge in [0, 0.05) is 40.3 Å². The van der Waals surface area contributed by atoms with Gasteiger partial charge >= 0.3 is 6.03 Å². The van der Waals surface area contributed by atoms with Crippen molar-refractivity contribution < 1.29 is 9.53 Å². The predicted octanol–water partition coefficient (Wildman–Crippen LogP) is -0.399. The molecular formula is C11H26N4O2. The molecule has 0 aromatic rings. The van der Waals surface area contributed by atoms with E-state index >= 15 is 0 Å². The fourth-order valence-corrected chi connectivity index (χ4v) is 1.41. The summed E-state index contributed by atoms with van der Waals surface area (Å²) in [5, 5.41) is 6.13. The Hall–Kier alpha value is -0.850. The van der Waals surface area contributed by atoms with E-state index in [1.165, 1.54) is 4.90 Å². The third-order valence-electron chi connectivity index (χ3n) is 2.36. The molecule has 6 nitrogen and oxygen atoms in total. The Balaban J connectivity index is 3.63. The molecule has 102 valence electrons. The molecule has 0 aliphatic carbocycles. The van der Waals surface area contributed by atoms with Gasteiger partial charge in [-0.3, -0.25) is 0 Å². The molecule has 2 amide bonds. The zero-order chi connectivity index (χ0) is 13.1. The zero-order valence-corrected chi connectivity index (χ0v) is 11.2. The van der Waals surface area contributed by atoms with Crippen molar-refractivity contribution >= 4 is 6.03 Å². The van der Waals surface area contributed by atoms with E-state index < -0.39 is 0 Å². The summed E-state index contributed by atoms with van der Waals surface area (Å²) >= 11 is 0. The summed E-state index contributed by atoms with van der Waals surface area (Å²) in [6.07, 6.45) is 1.97. The van der Waals surface area contributed by atoms with Crippen LogP contribution in [0.1, 0.15) is 12.8 Å². The average Bonchev–Trinajstić information content (AvgIpc) is 2.30. The molecule has 1 unspecified atom stereocenters. The fraction of sp³-hybridized carbons (Fsp3) is 0.909. The van der Waals surface area contributed by atoms with Crippen LogP contribution in [0.3, 0.4) is 0 Å². The van der Waals surface area contributed by atoms with Crippen molar-refractivity contribution in [2.45, 2.75) is 18.9 Å². The lowest BCUT2D eigenvalue weighted by molar-refractivity contribution is 0.162. The van der Waals surface area contributed by atoms with Crippen molar-refractivity contribution in [1.82, 2.24) is 15.5 Å². The number of methoxy groups -OCH3 is 1. The number of hydrogen-bond donors (Lipinski definition) is 3. The van der Waals surface area contributed by atoms with Gasteiger partial charge in [-0.15, -0.1) is 0 Å². The Morgan fingerprint density at radius 2 is 2.12 bits per heavy atom. The highest BCUT2D eigenvalue weighted by Gasteiger charge is 2.07. The van der Waals surface area contributed by atoms with Gasteiger partial charge in [-0.05, 0) is 19.4 Å². The van der Waals surface area contributed by atoms with Crippen molar-refractivity contribution in [3.63, 3.8) is 0 Å². The summed E-state index contributed by atoms with van der Waals surface area (Å²) < 4.78 is 5.12. The molecule has 0 saturated heterocycles. The second-order valence-corrected chi connectivity index (χ2v) is 4.16. The lowest BCUT2D eigenvalue weighted by atomic mass is 10.1. The number of rotatable bonds is 9. The molecule has 0 spiro atoms. The van der Waals surface area contributed by atoms with Gasteiger partial charge in [0.1, 0.15) is 0 Å². The monoisotopic (exact) mass is 246 g/mol. The number of nitrogens with zero attached hydrogens (tertiary/aromatic N) is 1. The molecule has 0 fully saturated rings. The first-order valence-corrected chi connectivity index (χ1v) is 5.99. The maximum atomic E-state index is 11.2. The van der Waals surface area contributed by atoms with Crippen LogP contribution in [0.25, 0.3) is 0 Å². The van der Waals surface area contributed by atoms with Gasteiger partial charge < -0.3 is 26.0 Å². The third-order valence-corrected chi connectivity index (χ3v) is 2.36. The van der Waals surface area contributed by atoms with Crippen LogP contribution in [-0.4, -0.2) is 64.4 Å². The van der Waals surface area contributed by atoms with E-state index in [1.807, 2.05) is 0 Å². The van der Waals surface area contributed by atoms with Gasteiger partial charge in [0.2, 0.25) is 0 Å². The Morgan fingerprint density at radius 3 is 2.65 bits per heavy atom. The van der Waals surface area contributed by atoms with Gasteiger partial charge in [-0.2, -0.15) is 0 Å². The van der Waals surface area contributed by atoms with E-state index in [1.54, 1.807) is 21.2 Å². The lowest BCUT2D eigenvalue weighted by Crippen LogP contribution is -2.42. The van der Waals surface area contributed by atoms with Crippen LogP contribution in [0, 0.1) is 0 Å². The number of carbonyl (C=O) groups excluding carboxylic acids is 1. The van der Waals surface area contributed by atoms with Crippen molar-refractivity contribution in [3.8, 4) is 0 Å². The SMILES string of the molecule is COCC(CCCN)NCCNC(=O)N(C)C. The Kier molecular flexibility index (Phi) is 9.80. The summed E-state index contributed by atoms with van der Waals surface area (Å²) in [6, 6.07) is 0.233. The van der Waals surface area contributed by atoms with Crippen molar-refractivity contribution in [1.29, 1.82) is 0 Å². The first-order chi connectivity index (χ1) is 8.11. The van der Waals surface area contributed by atoms with E-state index in [9.17, 15) is 4.79 Å². The molecular weight excluding hydrogens is 220 g/mol. The molecule has 17 heavy (non-hydrogen) atoms. The Bertz CT molecular complexity index is 200. The zero-order valence-electron chi connectivity index (χ0n) is 11.2. The molecule has 4 N–H and O–H groups in total. The predicted molar refractivity (Wildman–Crippen MR) is 69.0 cm³/mol. The number of amides is 2. The molecule has 0 saturated carbocycles. The summed E-state index contributed by atoms with van der Waals surface area (Å²) in [5.41, 5.74) is 5.47. The highest BCUT2D eigenvalue weighted by atomic mass is 16.5.